The highest BCUT2D eigenvalue weighted by atomic mass is 16.5. The second-order valence-electron chi connectivity index (χ2n) is 4.91. The monoisotopic (exact) mass is 213 g/mol. The highest BCUT2D eigenvalue weighted by molar-refractivity contribution is 4.79. The highest BCUT2D eigenvalue weighted by Gasteiger charge is 2.21. The van der Waals surface area contributed by atoms with Crippen molar-refractivity contribution >= 4 is 0 Å². The molecular weight excluding hydrogens is 186 g/mol. The molecule has 2 nitrogen and oxygen atoms in total. The van der Waals surface area contributed by atoms with E-state index in [1.807, 2.05) is 0 Å². The van der Waals surface area contributed by atoms with Crippen LogP contribution in [0, 0.1) is 5.92 Å². The van der Waals surface area contributed by atoms with Crippen LogP contribution in [0.4, 0.5) is 0 Å². The quantitative estimate of drug-likeness (QED) is 0.732. The van der Waals surface area contributed by atoms with Crippen LogP contribution in [0.15, 0.2) is 0 Å². The van der Waals surface area contributed by atoms with E-state index >= 15 is 0 Å². The molecule has 1 N–H and O–H groups in total. The minimum Gasteiger partial charge on any atom is -0.383 e. The van der Waals surface area contributed by atoms with Crippen LogP contribution in [0.3, 0.4) is 0 Å². The molecule has 90 valence electrons. The summed E-state index contributed by atoms with van der Waals surface area (Å²) in [6.07, 6.45) is 8.29. The summed E-state index contributed by atoms with van der Waals surface area (Å²) in [5, 5.41) is 3.71. The first kappa shape index (κ1) is 13.0. The molecule has 0 unspecified atom stereocenters. The van der Waals surface area contributed by atoms with E-state index in [1.165, 1.54) is 32.1 Å². The maximum absolute atomic E-state index is 5.22. The molecule has 0 amide bonds. The molecule has 0 saturated heterocycles. The predicted octanol–water partition coefficient (Wildman–Crippen LogP) is 2.97. The fourth-order valence-electron chi connectivity index (χ4n) is 2.63. The maximum atomic E-state index is 5.22. The molecule has 1 aliphatic carbocycles. The van der Waals surface area contributed by atoms with Gasteiger partial charge in [-0.15, -0.1) is 0 Å². The summed E-state index contributed by atoms with van der Waals surface area (Å²) in [6.45, 7) is 5.41. The van der Waals surface area contributed by atoms with Gasteiger partial charge < -0.3 is 10.1 Å². The molecule has 0 spiro atoms. The lowest BCUT2D eigenvalue weighted by atomic mass is 9.84. The smallest absolute Gasteiger partial charge is 0.0615 e. The van der Waals surface area contributed by atoms with E-state index in [2.05, 4.69) is 19.2 Å². The second-order valence-corrected chi connectivity index (χ2v) is 4.91. The number of methoxy groups -OCH3 is 1. The average Bonchev–Trinajstić information content (AvgIpc) is 2.29. The molecule has 0 radical (unpaired) electrons. The lowest BCUT2D eigenvalue weighted by Crippen LogP contribution is -2.43. The third kappa shape index (κ3) is 4.52. The van der Waals surface area contributed by atoms with Gasteiger partial charge in [-0.3, -0.25) is 0 Å². The summed E-state index contributed by atoms with van der Waals surface area (Å²) in [4.78, 5) is 0. The molecule has 0 aromatic rings. The van der Waals surface area contributed by atoms with Gasteiger partial charge in [0.15, 0.2) is 0 Å². The zero-order valence-corrected chi connectivity index (χ0v) is 10.6. The Hall–Kier alpha value is -0.0800. The van der Waals surface area contributed by atoms with Crippen molar-refractivity contribution in [3.63, 3.8) is 0 Å². The third-order valence-electron chi connectivity index (χ3n) is 3.72. The topological polar surface area (TPSA) is 21.3 Å². The molecule has 0 aromatic heterocycles. The SMILES string of the molecule is CC[C@@H](COC)N[C@@H](C)C1CCCCC1. The second kappa shape index (κ2) is 7.24. The van der Waals surface area contributed by atoms with Crippen molar-refractivity contribution in [2.24, 2.45) is 5.92 Å². The van der Waals surface area contributed by atoms with Gasteiger partial charge >= 0.3 is 0 Å². The summed E-state index contributed by atoms with van der Waals surface area (Å²) in [5.41, 5.74) is 0. The van der Waals surface area contributed by atoms with Crippen molar-refractivity contribution in [2.45, 2.75) is 64.5 Å². The lowest BCUT2D eigenvalue weighted by Gasteiger charge is -2.31. The predicted molar refractivity (Wildman–Crippen MR) is 65.1 cm³/mol. The van der Waals surface area contributed by atoms with E-state index in [4.69, 9.17) is 4.74 Å². The molecule has 0 aromatic carbocycles. The molecule has 0 aliphatic heterocycles. The summed E-state index contributed by atoms with van der Waals surface area (Å²) >= 11 is 0. The Morgan fingerprint density at radius 2 is 1.93 bits per heavy atom. The number of hydrogen-bond acceptors (Lipinski definition) is 2. The summed E-state index contributed by atoms with van der Waals surface area (Å²) in [6, 6.07) is 1.19. The molecule has 2 heteroatoms. The lowest BCUT2D eigenvalue weighted by molar-refractivity contribution is 0.148. The zero-order chi connectivity index (χ0) is 11.1. The molecule has 15 heavy (non-hydrogen) atoms. The van der Waals surface area contributed by atoms with Crippen LogP contribution in [0.5, 0.6) is 0 Å². The van der Waals surface area contributed by atoms with Crippen molar-refractivity contribution in [3.8, 4) is 0 Å². The van der Waals surface area contributed by atoms with Crippen LogP contribution in [0.2, 0.25) is 0 Å². The number of nitrogens with one attached hydrogen (secondary N) is 1. The maximum Gasteiger partial charge on any atom is 0.0615 e. The molecule has 1 rings (SSSR count). The van der Waals surface area contributed by atoms with Crippen LogP contribution in [-0.4, -0.2) is 25.8 Å². The fourth-order valence-corrected chi connectivity index (χ4v) is 2.63. The Morgan fingerprint density at radius 1 is 1.27 bits per heavy atom. The van der Waals surface area contributed by atoms with Crippen LogP contribution in [0.25, 0.3) is 0 Å². The van der Waals surface area contributed by atoms with Crippen molar-refractivity contribution in [3.05, 3.63) is 0 Å². The van der Waals surface area contributed by atoms with E-state index in [-0.39, 0.29) is 0 Å². The first-order valence-electron chi connectivity index (χ1n) is 6.53. The van der Waals surface area contributed by atoms with Gasteiger partial charge in [-0.25, -0.2) is 0 Å². The first-order valence-corrected chi connectivity index (χ1v) is 6.53. The van der Waals surface area contributed by atoms with Crippen molar-refractivity contribution in [2.75, 3.05) is 13.7 Å². The van der Waals surface area contributed by atoms with E-state index in [0.717, 1.165) is 18.9 Å². The molecular formula is C13H27NO. The van der Waals surface area contributed by atoms with Gasteiger partial charge in [0.25, 0.3) is 0 Å². The highest BCUT2D eigenvalue weighted by Crippen LogP contribution is 2.26. The largest absolute Gasteiger partial charge is 0.383 e. The van der Waals surface area contributed by atoms with Gasteiger partial charge in [-0.05, 0) is 32.1 Å². The van der Waals surface area contributed by atoms with Crippen LogP contribution in [-0.2, 0) is 4.74 Å². The molecule has 1 fully saturated rings. The number of hydrogen-bond donors (Lipinski definition) is 1. The van der Waals surface area contributed by atoms with Gasteiger partial charge in [0.2, 0.25) is 0 Å². The van der Waals surface area contributed by atoms with Gasteiger partial charge in [0.05, 0.1) is 6.61 Å². The van der Waals surface area contributed by atoms with Crippen LogP contribution in [0.1, 0.15) is 52.4 Å². The Morgan fingerprint density at radius 3 is 2.47 bits per heavy atom. The number of ether oxygens (including phenoxy) is 1. The minimum absolute atomic E-state index is 0.534. The summed E-state index contributed by atoms with van der Waals surface area (Å²) in [5.74, 6) is 0.893. The molecule has 0 heterocycles. The molecule has 1 saturated carbocycles. The van der Waals surface area contributed by atoms with Crippen molar-refractivity contribution in [1.29, 1.82) is 0 Å². The normalized spacial score (nSPS) is 22.6. The fraction of sp³-hybridized carbons (Fsp3) is 1.00. The summed E-state index contributed by atoms with van der Waals surface area (Å²) in [7, 11) is 1.79. The zero-order valence-electron chi connectivity index (χ0n) is 10.6. The standard InChI is InChI=1S/C13H27NO/c1-4-13(10-15-3)14-11(2)12-8-6-5-7-9-12/h11-14H,4-10H2,1-3H3/t11-,13-/m0/s1. The van der Waals surface area contributed by atoms with Gasteiger partial charge in [0, 0.05) is 19.2 Å². The van der Waals surface area contributed by atoms with Crippen molar-refractivity contribution in [1.82, 2.24) is 5.32 Å². The first-order chi connectivity index (χ1) is 7.27. The molecule has 1 aliphatic rings. The Labute approximate surface area is 94.8 Å². The molecule has 0 bridgehead atoms. The third-order valence-corrected chi connectivity index (χ3v) is 3.72. The Bertz CT molecular complexity index is 155. The van der Waals surface area contributed by atoms with E-state index in [1.54, 1.807) is 7.11 Å². The Balaban J connectivity index is 2.28. The summed E-state index contributed by atoms with van der Waals surface area (Å²) < 4.78 is 5.22. The average molecular weight is 213 g/mol. The molecule has 2 atom stereocenters. The van der Waals surface area contributed by atoms with Gasteiger partial charge in [0.1, 0.15) is 0 Å². The van der Waals surface area contributed by atoms with Crippen molar-refractivity contribution < 1.29 is 4.74 Å². The minimum atomic E-state index is 0.534. The van der Waals surface area contributed by atoms with E-state index in [0.29, 0.717) is 12.1 Å². The van der Waals surface area contributed by atoms with Gasteiger partial charge in [-0.1, -0.05) is 26.2 Å². The van der Waals surface area contributed by atoms with E-state index in [9.17, 15) is 0 Å². The van der Waals surface area contributed by atoms with Gasteiger partial charge in [-0.2, -0.15) is 0 Å². The Kier molecular flexibility index (Phi) is 6.26. The van der Waals surface area contributed by atoms with Crippen LogP contribution < -0.4 is 5.32 Å². The number of rotatable bonds is 6. The van der Waals surface area contributed by atoms with E-state index < -0.39 is 0 Å². The van der Waals surface area contributed by atoms with Crippen LogP contribution >= 0.6 is 0 Å².